The molecule has 0 saturated heterocycles. The molecule has 4 nitrogen and oxygen atoms in total. The summed E-state index contributed by atoms with van der Waals surface area (Å²) in [7, 11) is 1.70. The van der Waals surface area contributed by atoms with Gasteiger partial charge in [-0.15, -0.1) is 0 Å². The van der Waals surface area contributed by atoms with E-state index >= 15 is 0 Å². The Balaban J connectivity index is 2.10. The summed E-state index contributed by atoms with van der Waals surface area (Å²) in [6, 6.07) is 14.3. The zero-order chi connectivity index (χ0) is 12.5. The first-order chi connectivity index (χ1) is 8.75. The maximum atomic E-state index is 11.8. The molecule has 18 heavy (non-hydrogen) atoms. The maximum Gasteiger partial charge on any atom is 0.345 e. The lowest BCUT2D eigenvalue weighted by Gasteiger charge is -2.05. The van der Waals surface area contributed by atoms with Crippen LogP contribution in [0.2, 0.25) is 0 Å². The molecule has 1 aromatic heterocycles. The maximum absolute atomic E-state index is 11.8. The molecule has 0 fully saturated rings. The number of aryl methyl sites for hydroxylation is 1. The second kappa shape index (κ2) is 4.14. The summed E-state index contributed by atoms with van der Waals surface area (Å²) in [5, 5.41) is 6.43. The van der Waals surface area contributed by atoms with E-state index in [-0.39, 0.29) is 5.69 Å². The summed E-state index contributed by atoms with van der Waals surface area (Å²) in [5.74, 6) is 0. The summed E-state index contributed by atoms with van der Waals surface area (Å²) in [6.45, 7) is 0.501. The molecule has 0 aliphatic carbocycles. The van der Waals surface area contributed by atoms with Crippen molar-refractivity contribution in [3.8, 4) is 0 Å². The molecule has 0 N–H and O–H groups in total. The van der Waals surface area contributed by atoms with Gasteiger partial charge in [-0.05, 0) is 16.3 Å². The average molecular weight is 239 g/mol. The fraction of sp³-hybridized carbons (Fsp3) is 0.143. The Labute approximate surface area is 104 Å². The van der Waals surface area contributed by atoms with Crippen molar-refractivity contribution in [2.45, 2.75) is 6.54 Å². The van der Waals surface area contributed by atoms with Gasteiger partial charge in [0.1, 0.15) is 6.33 Å². The molecule has 0 atom stereocenters. The molecule has 0 radical (unpaired) electrons. The standard InChI is InChI=1S/C14H13N3O/c1-16-10-15-17(14(16)18)9-12-7-4-6-11-5-2-3-8-13(11)12/h2-8,10H,9H2,1H3. The summed E-state index contributed by atoms with van der Waals surface area (Å²) in [6.07, 6.45) is 1.54. The van der Waals surface area contributed by atoms with Crippen LogP contribution in [0, 0.1) is 0 Å². The van der Waals surface area contributed by atoms with Gasteiger partial charge >= 0.3 is 5.69 Å². The van der Waals surface area contributed by atoms with Crippen LogP contribution in [0.5, 0.6) is 0 Å². The molecule has 0 saturated carbocycles. The highest BCUT2D eigenvalue weighted by Gasteiger charge is 2.05. The van der Waals surface area contributed by atoms with Crippen molar-refractivity contribution in [3.05, 3.63) is 64.8 Å². The van der Waals surface area contributed by atoms with Crippen molar-refractivity contribution >= 4 is 10.8 Å². The molecule has 0 unspecified atom stereocenters. The van der Waals surface area contributed by atoms with Gasteiger partial charge in [-0.3, -0.25) is 4.57 Å². The largest absolute Gasteiger partial charge is 0.345 e. The Kier molecular flexibility index (Phi) is 2.48. The van der Waals surface area contributed by atoms with E-state index in [0.29, 0.717) is 6.54 Å². The number of benzene rings is 2. The van der Waals surface area contributed by atoms with Gasteiger partial charge in [0.05, 0.1) is 6.54 Å². The lowest BCUT2D eigenvalue weighted by Crippen LogP contribution is -2.23. The van der Waals surface area contributed by atoms with Crippen molar-refractivity contribution in [1.82, 2.24) is 14.3 Å². The third kappa shape index (κ3) is 1.72. The van der Waals surface area contributed by atoms with Gasteiger partial charge in [0, 0.05) is 7.05 Å². The van der Waals surface area contributed by atoms with E-state index in [0.717, 1.165) is 10.9 Å². The molecule has 3 aromatic rings. The first kappa shape index (κ1) is 10.8. The monoisotopic (exact) mass is 239 g/mol. The first-order valence-corrected chi connectivity index (χ1v) is 5.81. The van der Waals surface area contributed by atoms with Crippen LogP contribution in [0.25, 0.3) is 10.8 Å². The van der Waals surface area contributed by atoms with E-state index in [4.69, 9.17) is 0 Å². The quantitative estimate of drug-likeness (QED) is 0.684. The van der Waals surface area contributed by atoms with Crippen molar-refractivity contribution in [2.75, 3.05) is 0 Å². The highest BCUT2D eigenvalue weighted by atomic mass is 16.2. The van der Waals surface area contributed by atoms with Crippen LogP contribution in [0.15, 0.2) is 53.6 Å². The first-order valence-electron chi connectivity index (χ1n) is 5.81. The lowest BCUT2D eigenvalue weighted by atomic mass is 10.0. The molecule has 2 aromatic carbocycles. The molecule has 0 bridgehead atoms. The fourth-order valence-corrected chi connectivity index (χ4v) is 2.12. The van der Waals surface area contributed by atoms with E-state index < -0.39 is 0 Å². The Hall–Kier alpha value is -2.36. The summed E-state index contributed by atoms with van der Waals surface area (Å²) in [5.41, 5.74) is 1.01. The number of hydrogen-bond donors (Lipinski definition) is 0. The summed E-state index contributed by atoms with van der Waals surface area (Å²) < 4.78 is 2.95. The molecule has 3 rings (SSSR count). The van der Waals surface area contributed by atoms with E-state index in [1.54, 1.807) is 7.05 Å². The molecule has 4 heteroatoms. The van der Waals surface area contributed by atoms with Gasteiger partial charge in [0.15, 0.2) is 0 Å². The highest BCUT2D eigenvalue weighted by Crippen LogP contribution is 2.18. The Bertz CT molecular complexity index is 750. The SMILES string of the molecule is Cn1cnn(Cc2cccc3ccccc23)c1=O. The van der Waals surface area contributed by atoms with E-state index in [1.807, 2.05) is 24.3 Å². The molecular formula is C14H13N3O. The number of hydrogen-bond acceptors (Lipinski definition) is 2. The van der Waals surface area contributed by atoms with Gasteiger partial charge in [-0.25, -0.2) is 9.48 Å². The van der Waals surface area contributed by atoms with Crippen LogP contribution < -0.4 is 5.69 Å². The van der Waals surface area contributed by atoms with Crippen molar-refractivity contribution < 1.29 is 0 Å². The highest BCUT2D eigenvalue weighted by molar-refractivity contribution is 5.85. The molecule has 0 spiro atoms. The zero-order valence-electron chi connectivity index (χ0n) is 10.1. The van der Waals surface area contributed by atoms with Crippen molar-refractivity contribution in [3.63, 3.8) is 0 Å². The number of fused-ring (bicyclic) bond motifs is 1. The van der Waals surface area contributed by atoms with E-state index in [1.165, 1.54) is 21.0 Å². The van der Waals surface area contributed by atoms with Gasteiger partial charge in [0.25, 0.3) is 0 Å². The van der Waals surface area contributed by atoms with E-state index in [2.05, 4.69) is 23.3 Å². The van der Waals surface area contributed by atoms with Gasteiger partial charge in [-0.1, -0.05) is 42.5 Å². The van der Waals surface area contributed by atoms with Gasteiger partial charge < -0.3 is 0 Å². The van der Waals surface area contributed by atoms with Crippen LogP contribution in [0.1, 0.15) is 5.56 Å². The lowest BCUT2D eigenvalue weighted by molar-refractivity contribution is 0.649. The second-order valence-electron chi connectivity index (χ2n) is 4.32. The minimum Gasteiger partial charge on any atom is -0.285 e. The predicted molar refractivity (Wildman–Crippen MR) is 70.5 cm³/mol. The van der Waals surface area contributed by atoms with E-state index in [9.17, 15) is 4.79 Å². The van der Waals surface area contributed by atoms with Crippen molar-refractivity contribution in [1.29, 1.82) is 0 Å². The number of nitrogens with zero attached hydrogens (tertiary/aromatic N) is 3. The van der Waals surface area contributed by atoms with Crippen LogP contribution in [0.4, 0.5) is 0 Å². The topological polar surface area (TPSA) is 39.8 Å². The molecule has 0 aliphatic heterocycles. The van der Waals surface area contributed by atoms with Gasteiger partial charge in [-0.2, -0.15) is 5.10 Å². The summed E-state index contributed by atoms with van der Waals surface area (Å²) in [4.78, 5) is 11.8. The second-order valence-corrected chi connectivity index (χ2v) is 4.32. The van der Waals surface area contributed by atoms with Crippen LogP contribution in [0.3, 0.4) is 0 Å². The Morgan fingerprint density at radius 1 is 1.11 bits per heavy atom. The minimum absolute atomic E-state index is 0.0945. The summed E-state index contributed by atoms with van der Waals surface area (Å²) >= 11 is 0. The van der Waals surface area contributed by atoms with Crippen LogP contribution in [-0.4, -0.2) is 14.3 Å². The zero-order valence-corrected chi connectivity index (χ0v) is 10.1. The fourth-order valence-electron chi connectivity index (χ4n) is 2.12. The molecule has 0 aliphatic rings. The van der Waals surface area contributed by atoms with Gasteiger partial charge in [0.2, 0.25) is 0 Å². The average Bonchev–Trinajstić information content (AvgIpc) is 2.71. The van der Waals surface area contributed by atoms with Crippen LogP contribution in [-0.2, 0) is 13.6 Å². The minimum atomic E-state index is -0.0945. The molecule has 0 amide bonds. The Morgan fingerprint density at radius 2 is 1.89 bits per heavy atom. The molecule has 1 heterocycles. The smallest absolute Gasteiger partial charge is 0.285 e. The third-order valence-electron chi connectivity index (χ3n) is 3.09. The molecular weight excluding hydrogens is 226 g/mol. The molecule has 90 valence electrons. The predicted octanol–water partition coefficient (Wildman–Crippen LogP) is 1.78. The van der Waals surface area contributed by atoms with Crippen LogP contribution >= 0.6 is 0 Å². The number of rotatable bonds is 2. The normalized spacial score (nSPS) is 10.9. The Morgan fingerprint density at radius 3 is 2.67 bits per heavy atom. The third-order valence-corrected chi connectivity index (χ3v) is 3.09. The van der Waals surface area contributed by atoms with Crippen molar-refractivity contribution in [2.24, 2.45) is 7.05 Å². The number of aromatic nitrogens is 3.